The van der Waals surface area contributed by atoms with Crippen LogP contribution in [-0.4, -0.2) is 34.0 Å². The van der Waals surface area contributed by atoms with E-state index in [2.05, 4.69) is 39.3 Å². The minimum atomic E-state index is -0.836. The minimum Gasteiger partial charge on any atom is -0.375 e. The number of fused-ring (bicyclic) bond motifs is 2. The Labute approximate surface area is 228 Å². The molecule has 6 nitrogen and oxygen atoms in total. The number of aromatic nitrogens is 2. The molecule has 1 fully saturated rings. The van der Waals surface area contributed by atoms with Gasteiger partial charge >= 0.3 is 0 Å². The molecular formula is C31H34F2N6. The van der Waals surface area contributed by atoms with Crippen molar-refractivity contribution in [2.75, 3.05) is 23.3 Å². The Hall–Kier alpha value is -3.78. The number of hydrogen-bond donors (Lipinski definition) is 2. The lowest BCUT2D eigenvalue weighted by molar-refractivity contribution is 0.251. The Kier molecular flexibility index (Phi) is 6.81. The van der Waals surface area contributed by atoms with Crippen LogP contribution in [0.4, 0.5) is 20.3 Å². The maximum atomic E-state index is 14.8. The molecule has 1 saturated heterocycles. The second-order valence-corrected chi connectivity index (χ2v) is 10.8. The molecule has 0 amide bonds. The van der Waals surface area contributed by atoms with E-state index < -0.39 is 17.7 Å². The number of anilines is 2. The molecule has 0 spiro atoms. The predicted molar refractivity (Wildman–Crippen MR) is 150 cm³/mol. The fourth-order valence-electron chi connectivity index (χ4n) is 6.62. The van der Waals surface area contributed by atoms with Crippen molar-refractivity contribution in [3.8, 4) is 0 Å². The van der Waals surface area contributed by atoms with E-state index >= 15 is 0 Å². The molecule has 3 N–H and O–H groups in total. The van der Waals surface area contributed by atoms with Crippen molar-refractivity contribution >= 4 is 11.5 Å². The van der Waals surface area contributed by atoms with Gasteiger partial charge in [0.15, 0.2) is 17.5 Å². The molecule has 0 unspecified atom stereocenters. The molecular weight excluding hydrogens is 494 g/mol. The summed E-state index contributed by atoms with van der Waals surface area (Å²) in [5.74, 6) is -0.108. The monoisotopic (exact) mass is 528 g/mol. The molecule has 0 radical (unpaired) electrons. The number of hydrogen-bond acceptors (Lipinski definition) is 6. The Morgan fingerprint density at radius 2 is 1.72 bits per heavy atom. The van der Waals surface area contributed by atoms with Gasteiger partial charge in [0.1, 0.15) is 5.82 Å². The van der Waals surface area contributed by atoms with Gasteiger partial charge in [0.05, 0.1) is 5.69 Å². The van der Waals surface area contributed by atoms with Gasteiger partial charge in [-0.1, -0.05) is 31.4 Å². The van der Waals surface area contributed by atoms with Crippen molar-refractivity contribution in [2.24, 2.45) is 5.73 Å². The summed E-state index contributed by atoms with van der Waals surface area (Å²) in [4.78, 5) is 13.8. The maximum absolute atomic E-state index is 14.8. The van der Waals surface area contributed by atoms with Gasteiger partial charge in [-0.3, -0.25) is 4.98 Å². The summed E-state index contributed by atoms with van der Waals surface area (Å²) in [6.07, 6.45) is 7.73. The number of nitrogens with two attached hydrogens (primary N) is 1. The number of halogens is 2. The summed E-state index contributed by atoms with van der Waals surface area (Å²) >= 11 is 0. The molecule has 3 atom stereocenters. The molecule has 39 heavy (non-hydrogen) atoms. The highest BCUT2D eigenvalue weighted by Crippen LogP contribution is 2.45. The molecule has 3 aromatic rings. The first-order valence-corrected chi connectivity index (χ1v) is 13.7. The lowest BCUT2D eigenvalue weighted by atomic mass is 9.86. The number of allylic oxidation sites excluding steroid dienone is 1. The standard InChI is InChI=1S/C31H34F2N6/c1-19(38-16-12-22(13-17-38)39-20(2)37-31-27(39)9-5-15-36-31)18-21-10-11-24(23-6-3-8-26(32)28(23)33)29(34)25-7-4-14-35-30(21)25/h3-9,14-15,21-22,24,29H,1-2,10-13,16-18,34H2,(H,36,37)/t21-,24-,29-/m0/s1. The van der Waals surface area contributed by atoms with Crippen molar-refractivity contribution in [3.63, 3.8) is 0 Å². The molecule has 2 aromatic heterocycles. The first kappa shape index (κ1) is 25.5. The van der Waals surface area contributed by atoms with E-state index in [9.17, 15) is 8.78 Å². The van der Waals surface area contributed by atoms with E-state index in [1.165, 1.54) is 0 Å². The van der Waals surface area contributed by atoms with E-state index in [-0.39, 0.29) is 11.8 Å². The first-order chi connectivity index (χ1) is 18.9. The largest absolute Gasteiger partial charge is 0.375 e. The minimum absolute atomic E-state index is 0.111. The van der Waals surface area contributed by atoms with Gasteiger partial charge in [-0.2, -0.15) is 0 Å². The van der Waals surface area contributed by atoms with Crippen LogP contribution in [0.2, 0.25) is 0 Å². The number of nitrogens with one attached hydrogen (secondary N) is 1. The fourth-order valence-corrected chi connectivity index (χ4v) is 6.62. The van der Waals surface area contributed by atoms with E-state index in [1.54, 1.807) is 24.5 Å². The predicted octanol–water partition coefficient (Wildman–Crippen LogP) is 6.19. The number of likely N-dealkylation sites (tertiary alicyclic amines) is 1. The number of pyridine rings is 2. The number of piperidine rings is 1. The van der Waals surface area contributed by atoms with Crippen LogP contribution in [0.1, 0.15) is 66.8 Å². The van der Waals surface area contributed by atoms with E-state index in [4.69, 9.17) is 10.7 Å². The summed E-state index contributed by atoms with van der Waals surface area (Å²) in [6, 6.07) is 12.1. The second kappa shape index (κ2) is 10.4. The van der Waals surface area contributed by atoms with Crippen LogP contribution < -0.4 is 16.0 Å². The van der Waals surface area contributed by atoms with Crippen molar-refractivity contribution < 1.29 is 8.78 Å². The summed E-state index contributed by atoms with van der Waals surface area (Å²) in [5, 5.41) is 3.30. The van der Waals surface area contributed by atoms with Gasteiger partial charge in [0.2, 0.25) is 0 Å². The highest BCUT2D eigenvalue weighted by atomic mass is 19.2. The lowest BCUT2D eigenvalue weighted by Gasteiger charge is -2.40. The quantitative estimate of drug-likeness (QED) is 0.385. The van der Waals surface area contributed by atoms with Crippen LogP contribution in [-0.2, 0) is 0 Å². The lowest BCUT2D eigenvalue weighted by Crippen LogP contribution is -2.43. The molecule has 6 rings (SSSR count). The van der Waals surface area contributed by atoms with Crippen molar-refractivity contribution in [2.45, 2.75) is 56.0 Å². The highest BCUT2D eigenvalue weighted by Gasteiger charge is 2.35. The van der Waals surface area contributed by atoms with Crippen molar-refractivity contribution in [1.82, 2.24) is 14.9 Å². The van der Waals surface area contributed by atoms with Gasteiger partial charge in [-0.15, -0.1) is 0 Å². The molecule has 1 aliphatic carbocycles. The summed E-state index contributed by atoms with van der Waals surface area (Å²) in [6.45, 7) is 10.5. The average molecular weight is 529 g/mol. The Bertz CT molecular complexity index is 1400. The summed E-state index contributed by atoms with van der Waals surface area (Å²) in [7, 11) is 0. The third kappa shape index (κ3) is 4.67. The zero-order chi connectivity index (χ0) is 27.1. The SMILES string of the molecule is C=C(C[C@@H]1CC[C@@H](c2cccc(F)c2F)[C@H](N)c2cccnc21)N1CCC(N2C(=C)Nc3ncccc32)CC1. The average Bonchev–Trinajstić information content (AvgIpc) is 3.23. The van der Waals surface area contributed by atoms with E-state index in [0.29, 0.717) is 18.0 Å². The van der Waals surface area contributed by atoms with Crippen molar-refractivity contribution in [3.05, 3.63) is 108 Å². The Balaban J connectivity index is 1.15. The third-order valence-corrected chi connectivity index (χ3v) is 8.62. The molecule has 4 heterocycles. The second-order valence-electron chi connectivity index (χ2n) is 10.8. The molecule has 202 valence electrons. The van der Waals surface area contributed by atoms with E-state index in [0.717, 1.165) is 79.1 Å². The zero-order valence-electron chi connectivity index (χ0n) is 22.0. The van der Waals surface area contributed by atoms with Gasteiger partial charge in [-0.05, 0) is 67.5 Å². The Morgan fingerprint density at radius 1 is 0.974 bits per heavy atom. The zero-order valence-corrected chi connectivity index (χ0v) is 22.0. The number of rotatable bonds is 5. The van der Waals surface area contributed by atoms with E-state index in [1.807, 2.05) is 18.2 Å². The molecule has 0 bridgehead atoms. The van der Waals surface area contributed by atoms with Crippen LogP contribution in [0.5, 0.6) is 0 Å². The van der Waals surface area contributed by atoms with Crippen LogP contribution in [0.25, 0.3) is 0 Å². The topological polar surface area (TPSA) is 70.3 Å². The molecule has 8 heteroatoms. The number of benzene rings is 1. The van der Waals surface area contributed by atoms with Gasteiger partial charge in [0.25, 0.3) is 0 Å². The fraction of sp³-hybridized carbons (Fsp3) is 0.355. The molecule has 1 aromatic carbocycles. The van der Waals surface area contributed by atoms with Crippen molar-refractivity contribution in [1.29, 1.82) is 0 Å². The summed E-state index contributed by atoms with van der Waals surface area (Å²) in [5.41, 5.74) is 11.1. The smallest absolute Gasteiger partial charge is 0.162 e. The number of nitrogens with zero attached hydrogens (tertiary/aromatic N) is 4. The summed E-state index contributed by atoms with van der Waals surface area (Å²) < 4.78 is 28.9. The van der Waals surface area contributed by atoms with Crippen LogP contribution in [0.3, 0.4) is 0 Å². The van der Waals surface area contributed by atoms with Gasteiger partial charge in [0, 0.05) is 60.8 Å². The molecule has 2 aliphatic heterocycles. The van der Waals surface area contributed by atoms with Gasteiger partial charge in [-0.25, -0.2) is 13.8 Å². The van der Waals surface area contributed by atoms with Gasteiger partial charge < -0.3 is 20.9 Å². The van der Waals surface area contributed by atoms with Crippen LogP contribution in [0, 0.1) is 11.6 Å². The third-order valence-electron chi connectivity index (χ3n) is 8.62. The van der Waals surface area contributed by atoms with Crippen LogP contribution >= 0.6 is 0 Å². The molecule has 3 aliphatic rings. The van der Waals surface area contributed by atoms with Crippen LogP contribution in [0.15, 0.2) is 79.5 Å². The Morgan fingerprint density at radius 3 is 2.54 bits per heavy atom. The molecule has 0 saturated carbocycles. The normalized spacial score (nSPS) is 23.2. The highest BCUT2D eigenvalue weighted by molar-refractivity contribution is 5.77. The first-order valence-electron chi connectivity index (χ1n) is 13.7. The maximum Gasteiger partial charge on any atom is 0.162 e.